The van der Waals surface area contributed by atoms with Crippen LogP contribution in [0.2, 0.25) is 5.02 Å². The molecule has 0 radical (unpaired) electrons. The molecule has 12 heteroatoms. The van der Waals surface area contributed by atoms with Crippen LogP contribution in [0.4, 0.5) is 5.69 Å². The summed E-state index contributed by atoms with van der Waals surface area (Å²) in [5.41, 5.74) is 1.87. The summed E-state index contributed by atoms with van der Waals surface area (Å²) in [5, 5.41) is 3.63. The number of hydrogen-bond donors (Lipinski definition) is 1. The Labute approximate surface area is 307 Å². The Morgan fingerprint density at radius 1 is 0.860 bits per heavy atom. The van der Waals surface area contributed by atoms with Gasteiger partial charge in [0.05, 0.1) is 24.8 Å². The molecule has 0 unspecified atom stereocenters. The normalized spacial score (nSPS) is 14.0. The number of carbonyl (C=O) groups excluding carboxylic acids is 2. The van der Waals surface area contributed by atoms with Gasteiger partial charge in [-0.25, -0.2) is 8.42 Å². The molecule has 1 fully saturated rings. The van der Waals surface area contributed by atoms with E-state index in [1.165, 1.54) is 37.3 Å². The number of benzene rings is 4. The fraction of sp³-hybridized carbons (Fsp3) is 0.316. The Morgan fingerprint density at radius 2 is 1.54 bits per heavy atom. The molecule has 264 valence electrons. The lowest BCUT2D eigenvalue weighted by Gasteiger charge is -2.35. The van der Waals surface area contributed by atoms with E-state index in [-0.39, 0.29) is 41.2 Å². The first-order valence-electron chi connectivity index (χ1n) is 16.5. The molecule has 4 aromatic carbocycles. The lowest BCUT2D eigenvalue weighted by Crippen LogP contribution is -2.55. The molecule has 5 rings (SSSR count). The van der Waals surface area contributed by atoms with Gasteiger partial charge in [0.1, 0.15) is 12.6 Å². The molecule has 4 aromatic rings. The summed E-state index contributed by atoms with van der Waals surface area (Å²) in [6, 6.07) is 26.6. The summed E-state index contributed by atoms with van der Waals surface area (Å²) in [7, 11) is -1.49. The van der Waals surface area contributed by atoms with E-state index in [9.17, 15) is 18.0 Å². The van der Waals surface area contributed by atoms with Crippen LogP contribution in [-0.2, 0) is 32.6 Å². The molecule has 0 saturated heterocycles. The molecule has 1 saturated carbocycles. The first kappa shape index (κ1) is 37.2. The summed E-state index contributed by atoms with van der Waals surface area (Å²) in [6.45, 7) is -0.521. The van der Waals surface area contributed by atoms with Crippen molar-refractivity contribution < 1.29 is 27.5 Å². The number of anilines is 1. The molecular weight excluding hydrogens is 742 g/mol. The van der Waals surface area contributed by atoms with Gasteiger partial charge in [0, 0.05) is 34.6 Å². The smallest absolute Gasteiger partial charge is 0.264 e. The van der Waals surface area contributed by atoms with Crippen molar-refractivity contribution in [1.82, 2.24) is 10.2 Å². The molecule has 1 atom stereocenters. The number of halogens is 2. The second-order valence-electron chi connectivity index (χ2n) is 12.2. The van der Waals surface area contributed by atoms with Crippen LogP contribution >= 0.6 is 27.5 Å². The largest absolute Gasteiger partial charge is 0.493 e. The summed E-state index contributed by atoms with van der Waals surface area (Å²) in [4.78, 5) is 30.4. The van der Waals surface area contributed by atoms with E-state index in [0.717, 1.165) is 52.0 Å². The number of methoxy groups -OCH3 is 2. The third-order valence-corrected chi connectivity index (χ3v) is 11.3. The van der Waals surface area contributed by atoms with E-state index in [0.29, 0.717) is 10.8 Å². The van der Waals surface area contributed by atoms with Crippen molar-refractivity contribution in [2.45, 2.75) is 62.0 Å². The van der Waals surface area contributed by atoms with E-state index in [4.69, 9.17) is 21.1 Å². The maximum atomic E-state index is 14.8. The van der Waals surface area contributed by atoms with Crippen LogP contribution in [0.25, 0.3) is 0 Å². The van der Waals surface area contributed by atoms with E-state index < -0.39 is 28.5 Å². The zero-order valence-electron chi connectivity index (χ0n) is 28.1. The third-order valence-electron chi connectivity index (χ3n) is 8.80. The third kappa shape index (κ3) is 9.38. The van der Waals surface area contributed by atoms with Gasteiger partial charge in [-0.05, 0) is 72.5 Å². The maximum Gasteiger partial charge on any atom is 0.264 e. The van der Waals surface area contributed by atoms with Crippen LogP contribution in [0, 0.1) is 0 Å². The summed E-state index contributed by atoms with van der Waals surface area (Å²) >= 11 is 9.72. The minimum absolute atomic E-state index is 0.00772. The van der Waals surface area contributed by atoms with E-state index in [1.54, 1.807) is 24.3 Å². The highest BCUT2D eigenvalue weighted by atomic mass is 79.9. The van der Waals surface area contributed by atoms with Crippen molar-refractivity contribution in [2.75, 3.05) is 25.1 Å². The van der Waals surface area contributed by atoms with Crippen molar-refractivity contribution in [3.63, 3.8) is 0 Å². The Hall–Kier alpha value is -4.06. The number of nitrogens with zero attached hydrogens (tertiary/aromatic N) is 2. The minimum Gasteiger partial charge on any atom is -0.493 e. The number of rotatable bonds is 14. The maximum absolute atomic E-state index is 14.8. The molecule has 9 nitrogen and oxygen atoms in total. The number of nitrogens with one attached hydrogen (secondary N) is 1. The lowest BCUT2D eigenvalue weighted by molar-refractivity contribution is -0.140. The standard InChI is InChI=1S/C38H41BrClN3O6S/c1-48-35-21-20-33(24-36(35)49-2)50(46,47)43(32-18-16-30(40)17-19-32)26-37(44)42(25-28-12-9-13-29(39)22-28)34(23-27-10-5-3-6-11-27)38(45)41-31-14-7-4-8-15-31/h3,5-6,9-13,16-22,24,31,34H,4,7-8,14-15,23,25-26H2,1-2H3,(H,41,45)/t34-/m1/s1. The topological polar surface area (TPSA) is 105 Å². The van der Waals surface area contributed by atoms with Crippen molar-refractivity contribution in [3.8, 4) is 11.5 Å². The number of hydrogen-bond acceptors (Lipinski definition) is 6. The first-order chi connectivity index (χ1) is 24.1. The van der Waals surface area contributed by atoms with Crippen molar-refractivity contribution >= 4 is 55.1 Å². The van der Waals surface area contributed by atoms with Gasteiger partial charge in [0.2, 0.25) is 11.8 Å². The molecule has 0 bridgehead atoms. The van der Waals surface area contributed by atoms with Gasteiger partial charge < -0.3 is 19.7 Å². The van der Waals surface area contributed by atoms with E-state index in [2.05, 4.69) is 21.2 Å². The van der Waals surface area contributed by atoms with Crippen molar-refractivity contribution in [2.24, 2.45) is 0 Å². The predicted octanol–water partition coefficient (Wildman–Crippen LogP) is 7.40. The quantitative estimate of drug-likeness (QED) is 0.143. The Kier molecular flexibility index (Phi) is 12.8. The van der Waals surface area contributed by atoms with Crippen molar-refractivity contribution in [1.29, 1.82) is 0 Å². The van der Waals surface area contributed by atoms with E-state index in [1.807, 2.05) is 54.6 Å². The highest BCUT2D eigenvalue weighted by Gasteiger charge is 2.36. The van der Waals surface area contributed by atoms with Gasteiger partial charge in [-0.2, -0.15) is 0 Å². The molecule has 50 heavy (non-hydrogen) atoms. The predicted molar refractivity (Wildman–Crippen MR) is 199 cm³/mol. The molecule has 0 heterocycles. The van der Waals surface area contributed by atoms with Gasteiger partial charge in [0.25, 0.3) is 10.0 Å². The van der Waals surface area contributed by atoms with Crippen LogP contribution in [0.1, 0.15) is 43.2 Å². The number of ether oxygens (including phenoxy) is 2. The summed E-state index contributed by atoms with van der Waals surface area (Å²) < 4.78 is 41.5. The minimum atomic E-state index is -4.36. The molecule has 2 amide bonds. The average Bonchev–Trinajstić information content (AvgIpc) is 3.12. The molecule has 0 spiro atoms. The fourth-order valence-electron chi connectivity index (χ4n) is 6.17. The van der Waals surface area contributed by atoms with Gasteiger partial charge in [-0.15, -0.1) is 0 Å². The Bertz CT molecular complexity index is 1870. The molecule has 1 aliphatic carbocycles. The Balaban J connectivity index is 1.58. The molecular formula is C38H41BrClN3O6S. The van der Waals surface area contributed by atoms with Gasteiger partial charge in [0.15, 0.2) is 11.5 Å². The van der Waals surface area contributed by atoms with Crippen LogP contribution in [0.15, 0.2) is 106 Å². The fourth-order valence-corrected chi connectivity index (χ4v) is 8.17. The Morgan fingerprint density at radius 3 is 2.20 bits per heavy atom. The van der Waals surface area contributed by atoms with Crippen LogP contribution in [0.5, 0.6) is 11.5 Å². The molecule has 1 N–H and O–H groups in total. The zero-order chi connectivity index (χ0) is 35.7. The molecule has 1 aliphatic rings. The lowest BCUT2D eigenvalue weighted by atomic mass is 9.94. The summed E-state index contributed by atoms with van der Waals surface area (Å²) in [6.07, 6.45) is 5.16. The SMILES string of the molecule is COc1ccc(S(=O)(=O)N(CC(=O)N(Cc2cccc(Br)c2)[C@H](Cc2ccccc2)C(=O)NC2CCCCC2)c2ccc(Cl)cc2)cc1OC. The summed E-state index contributed by atoms with van der Waals surface area (Å²) in [5.74, 6) is -0.253. The van der Waals surface area contributed by atoms with Gasteiger partial charge in [-0.3, -0.25) is 13.9 Å². The zero-order valence-corrected chi connectivity index (χ0v) is 31.2. The monoisotopic (exact) mass is 781 g/mol. The second kappa shape index (κ2) is 17.2. The first-order valence-corrected chi connectivity index (χ1v) is 19.1. The van der Waals surface area contributed by atoms with Crippen LogP contribution < -0.4 is 19.1 Å². The highest BCUT2D eigenvalue weighted by molar-refractivity contribution is 9.10. The molecule has 0 aliphatic heterocycles. The number of amides is 2. The van der Waals surface area contributed by atoms with Crippen LogP contribution in [0.3, 0.4) is 0 Å². The average molecular weight is 783 g/mol. The van der Waals surface area contributed by atoms with Gasteiger partial charge >= 0.3 is 0 Å². The highest BCUT2D eigenvalue weighted by Crippen LogP contribution is 2.33. The second-order valence-corrected chi connectivity index (χ2v) is 15.4. The van der Waals surface area contributed by atoms with Crippen molar-refractivity contribution in [3.05, 3.63) is 118 Å². The number of carbonyl (C=O) groups is 2. The van der Waals surface area contributed by atoms with E-state index >= 15 is 0 Å². The number of sulfonamides is 1. The van der Waals surface area contributed by atoms with Gasteiger partial charge in [-0.1, -0.05) is 89.3 Å². The van der Waals surface area contributed by atoms with Crippen LogP contribution in [-0.4, -0.2) is 58.0 Å². The molecule has 0 aromatic heterocycles.